The number of nitrogens with one attached hydrogen (secondary N) is 2. The zero-order valence-electron chi connectivity index (χ0n) is 13.4. The van der Waals surface area contributed by atoms with Crippen LogP contribution < -0.4 is 5.32 Å². The van der Waals surface area contributed by atoms with E-state index in [4.69, 9.17) is 0 Å². The second-order valence-corrected chi connectivity index (χ2v) is 6.26. The quantitative estimate of drug-likeness (QED) is 0.686. The van der Waals surface area contributed by atoms with Gasteiger partial charge in [-0.15, -0.1) is 0 Å². The highest BCUT2D eigenvalue weighted by Gasteiger charge is 2.22. The van der Waals surface area contributed by atoms with Gasteiger partial charge in [-0.05, 0) is 62.4 Å². The first kappa shape index (κ1) is 16.0. The van der Waals surface area contributed by atoms with E-state index in [0.29, 0.717) is 18.2 Å². The van der Waals surface area contributed by atoms with E-state index in [0.717, 1.165) is 43.3 Å². The number of benzene rings is 1. The Morgan fingerprint density at radius 1 is 1.35 bits per heavy atom. The molecule has 1 aromatic heterocycles. The van der Waals surface area contributed by atoms with E-state index >= 15 is 0 Å². The second kappa shape index (κ2) is 7.62. The molecular weight excluding hydrogens is 290 g/mol. The molecule has 3 N–H and O–H groups in total. The standard InChI is InChI=1S/C18H25N3O2/c22-13-16-4-3-11-21(16)10-2-1-8-20-18(23)15-6-5-14-7-9-19-17(14)12-15/h5-7,9,12,16,19,22H,1-4,8,10-11,13H2,(H,20,23). The van der Waals surface area contributed by atoms with E-state index < -0.39 is 0 Å². The number of hydrogen-bond acceptors (Lipinski definition) is 3. The van der Waals surface area contributed by atoms with Gasteiger partial charge in [0.25, 0.3) is 5.91 Å². The Balaban J connectivity index is 1.39. The van der Waals surface area contributed by atoms with E-state index in [9.17, 15) is 9.90 Å². The van der Waals surface area contributed by atoms with Crippen molar-refractivity contribution >= 4 is 16.8 Å². The van der Waals surface area contributed by atoms with Crippen LogP contribution in [0.25, 0.3) is 10.9 Å². The normalized spacial score (nSPS) is 18.6. The Kier molecular flexibility index (Phi) is 5.31. The second-order valence-electron chi connectivity index (χ2n) is 6.26. The van der Waals surface area contributed by atoms with Crippen molar-refractivity contribution in [2.75, 3.05) is 26.2 Å². The third-order valence-corrected chi connectivity index (χ3v) is 4.68. The summed E-state index contributed by atoms with van der Waals surface area (Å²) < 4.78 is 0. The van der Waals surface area contributed by atoms with Crippen molar-refractivity contribution in [1.29, 1.82) is 0 Å². The van der Waals surface area contributed by atoms with Gasteiger partial charge in [0.1, 0.15) is 0 Å². The highest BCUT2D eigenvalue weighted by atomic mass is 16.3. The number of aromatic amines is 1. The molecule has 1 fully saturated rings. The topological polar surface area (TPSA) is 68.4 Å². The van der Waals surface area contributed by atoms with Crippen LogP contribution in [-0.4, -0.2) is 53.2 Å². The van der Waals surface area contributed by atoms with Gasteiger partial charge in [0, 0.05) is 29.9 Å². The molecule has 1 aliphatic heterocycles. The Hall–Kier alpha value is -1.85. The predicted molar refractivity (Wildman–Crippen MR) is 91.5 cm³/mol. The lowest BCUT2D eigenvalue weighted by Crippen LogP contribution is -2.33. The maximum atomic E-state index is 12.2. The van der Waals surface area contributed by atoms with Crippen LogP contribution in [0.3, 0.4) is 0 Å². The molecule has 5 nitrogen and oxygen atoms in total. The van der Waals surface area contributed by atoms with Crippen molar-refractivity contribution in [2.24, 2.45) is 0 Å². The molecule has 1 aliphatic rings. The fourth-order valence-electron chi connectivity index (χ4n) is 3.33. The van der Waals surface area contributed by atoms with Crippen molar-refractivity contribution in [3.63, 3.8) is 0 Å². The summed E-state index contributed by atoms with van der Waals surface area (Å²) in [7, 11) is 0. The third-order valence-electron chi connectivity index (χ3n) is 4.68. The molecule has 3 rings (SSSR count). The summed E-state index contributed by atoms with van der Waals surface area (Å²) in [4.78, 5) is 17.6. The Labute approximate surface area is 136 Å². The van der Waals surface area contributed by atoms with Gasteiger partial charge in [0.15, 0.2) is 0 Å². The van der Waals surface area contributed by atoms with Gasteiger partial charge >= 0.3 is 0 Å². The average Bonchev–Trinajstić information content (AvgIpc) is 3.22. The smallest absolute Gasteiger partial charge is 0.251 e. The maximum absolute atomic E-state index is 12.2. The molecule has 2 aromatic rings. The van der Waals surface area contributed by atoms with Crippen LogP contribution >= 0.6 is 0 Å². The highest BCUT2D eigenvalue weighted by Crippen LogP contribution is 2.17. The molecule has 0 spiro atoms. The fraction of sp³-hybridized carbons (Fsp3) is 0.500. The van der Waals surface area contributed by atoms with Gasteiger partial charge in [0.2, 0.25) is 0 Å². The number of rotatable bonds is 7. The van der Waals surface area contributed by atoms with Crippen molar-refractivity contribution < 1.29 is 9.90 Å². The number of carbonyl (C=O) groups is 1. The summed E-state index contributed by atoms with van der Waals surface area (Å²) in [5.41, 5.74) is 1.68. The molecule has 1 aromatic carbocycles. The van der Waals surface area contributed by atoms with E-state index in [2.05, 4.69) is 15.2 Å². The predicted octanol–water partition coefficient (Wildman–Crippen LogP) is 2.13. The number of fused-ring (bicyclic) bond motifs is 1. The minimum atomic E-state index is -0.0177. The monoisotopic (exact) mass is 315 g/mol. The van der Waals surface area contributed by atoms with E-state index in [-0.39, 0.29) is 12.5 Å². The van der Waals surface area contributed by atoms with Gasteiger partial charge in [-0.25, -0.2) is 0 Å². The first-order valence-corrected chi connectivity index (χ1v) is 8.48. The third kappa shape index (κ3) is 3.92. The zero-order valence-corrected chi connectivity index (χ0v) is 13.4. The highest BCUT2D eigenvalue weighted by molar-refractivity contribution is 5.97. The molecule has 1 saturated heterocycles. The van der Waals surface area contributed by atoms with E-state index in [1.165, 1.54) is 6.42 Å². The minimum Gasteiger partial charge on any atom is -0.395 e. The number of amides is 1. The van der Waals surface area contributed by atoms with Crippen molar-refractivity contribution in [3.8, 4) is 0 Å². The first-order valence-electron chi connectivity index (χ1n) is 8.48. The maximum Gasteiger partial charge on any atom is 0.251 e. The summed E-state index contributed by atoms with van der Waals surface area (Å²) in [5.74, 6) is -0.0177. The SMILES string of the molecule is O=C(NCCCCN1CCCC1CO)c1ccc2cc[nH]c2c1. The van der Waals surface area contributed by atoms with Crippen molar-refractivity contribution in [1.82, 2.24) is 15.2 Å². The number of nitrogens with zero attached hydrogens (tertiary/aromatic N) is 1. The lowest BCUT2D eigenvalue weighted by Gasteiger charge is -2.22. The molecule has 0 saturated carbocycles. The van der Waals surface area contributed by atoms with Crippen LogP contribution in [0.5, 0.6) is 0 Å². The Bertz CT molecular complexity index is 653. The molecule has 1 atom stereocenters. The van der Waals surface area contributed by atoms with Crippen LogP contribution in [0.4, 0.5) is 0 Å². The lowest BCUT2D eigenvalue weighted by molar-refractivity contribution is 0.0952. The number of aliphatic hydroxyl groups is 1. The Morgan fingerprint density at radius 2 is 2.26 bits per heavy atom. The van der Waals surface area contributed by atoms with Gasteiger partial charge in [-0.1, -0.05) is 6.07 Å². The molecule has 1 unspecified atom stereocenters. The number of carbonyl (C=O) groups excluding carboxylic acids is 1. The molecule has 5 heteroatoms. The summed E-state index contributed by atoms with van der Waals surface area (Å²) in [5, 5.41) is 13.4. The van der Waals surface area contributed by atoms with Crippen LogP contribution in [0, 0.1) is 0 Å². The Morgan fingerprint density at radius 3 is 3.13 bits per heavy atom. The number of aromatic nitrogens is 1. The van der Waals surface area contributed by atoms with Crippen LogP contribution in [0.2, 0.25) is 0 Å². The number of H-pyrrole nitrogens is 1. The van der Waals surface area contributed by atoms with Crippen molar-refractivity contribution in [3.05, 3.63) is 36.0 Å². The van der Waals surface area contributed by atoms with Gasteiger partial charge in [-0.3, -0.25) is 9.69 Å². The van der Waals surface area contributed by atoms with Crippen LogP contribution in [0.15, 0.2) is 30.5 Å². The molecule has 23 heavy (non-hydrogen) atoms. The molecule has 1 amide bonds. The van der Waals surface area contributed by atoms with E-state index in [1.54, 1.807) is 0 Å². The number of aliphatic hydroxyl groups excluding tert-OH is 1. The van der Waals surface area contributed by atoms with E-state index in [1.807, 2.05) is 30.5 Å². The zero-order chi connectivity index (χ0) is 16.1. The largest absolute Gasteiger partial charge is 0.395 e. The molecular formula is C18H25N3O2. The molecule has 124 valence electrons. The molecule has 0 bridgehead atoms. The first-order chi connectivity index (χ1) is 11.3. The number of hydrogen-bond donors (Lipinski definition) is 3. The fourth-order valence-corrected chi connectivity index (χ4v) is 3.33. The molecule has 0 aliphatic carbocycles. The molecule has 0 radical (unpaired) electrons. The summed E-state index contributed by atoms with van der Waals surface area (Å²) in [6.07, 6.45) is 6.18. The molecule has 2 heterocycles. The van der Waals surface area contributed by atoms with Crippen LogP contribution in [-0.2, 0) is 0 Å². The van der Waals surface area contributed by atoms with Crippen molar-refractivity contribution in [2.45, 2.75) is 31.7 Å². The van der Waals surface area contributed by atoms with Crippen LogP contribution in [0.1, 0.15) is 36.0 Å². The van der Waals surface area contributed by atoms with Gasteiger partial charge in [0.05, 0.1) is 6.61 Å². The summed E-state index contributed by atoms with van der Waals surface area (Å²) in [6, 6.07) is 8.05. The summed E-state index contributed by atoms with van der Waals surface area (Å²) >= 11 is 0. The minimum absolute atomic E-state index is 0.0177. The number of likely N-dealkylation sites (tertiary alicyclic amines) is 1. The lowest BCUT2D eigenvalue weighted by atomic mass is 10.1. The summed E-state index contributed by atoms with van der Waals surface area (Å²) in [6.45, 7) is 3.06. The number of unbranched alkanes of at least 4 members (excludes halogenated alkanes) is 1. The van der Waals surface area contributed by atoms with Gasteiger partial charge < -0.3 is 15.4 Å². The average molecular weight is 315 g/mol. The van der Waals surface area contributed by atoms with Gasteiger partial charge in [-0.2, -0.15) is 0 Å².